The third kappa shape index (κ3) is 3.91. The molecule has 1 atom stereocenters. The zero-order chi connectivity index (χ0) is 16.2. The predicted molar refractivity (Wildman–Crippen MR) is 87.2 cm³/mol. The van der Waals surface area contributed by atoms with E-state index in [9.17, 15) is 9.59 Å². The maximum atomic E-state index is 12.2. The summed E-state index contributed by atoms with van der Waals surface area (Å²) in [6.45, 7) is 1.37. The molecule has 1 aliphatic heterocycles. The Morgan fingerprint density at radius 3 is 2.78 bits per heavy atom. The smallest absolute Gasteiger partial charge is 0.335 e. The van der Waals surface area contributed by atoms with E-state index >= 15 is 0 Å². The van der Waals surface area contributed by atoms with Gasteiger partial charge in [-0.25, -0.2) is 4.79 Å². The number of amides is 1. The van der Waals surface area contributed by atoms with Crippen LogP contribution in [0.4, 0.5) is 0 Å². The van der Waals surface area contributed by atoms with E-state index in [1.54, 1.807) is 18.2 Å². The quantitative estimate of drug-likeness (QED) is 0.875. The van der Waals surface area contributed by atoms with Crippen molar-refractivity contribution in [3.8, 4) is 0 Å². The first-order chi connectivity index (χ1) is 11.1. The highest BCUT2D eigenvalue weighted by Crippen LogP contribution is 2.26. The second kappa shape index (κ2) is 7.13. The highest BCUT2D eigenvalue weighted by Gasteiger charge is 2.34. The number of nitrogens with zero attached hydrogens (tertiary/aromatic N) is 1. The van der Waals surface area contributed by atoms with Crippen molar-refractivity contribution < 1.29 is 14.7 Å². The second-order valence-corrected chi connectivity index (χ2v) is 6.63. The van der Waals surface area contributed by atoms with Gasteiger partial charge in [0.15, 0.2) is 0 Å². The number of carboxylic acids is 1. The van der Waals surface area contributed by atoms with Gasteiger partial charge >= 0.3 is 5.97 Å². The van der Waals surface area contributed by atoms with Crippen LogP contribution in [0.25, 0.3) is 0 Å². The Balaban J connectivity index is 1.54. The summed E-state index contributed by atoms with van der Waals surface area (Å²) < 4.78 is 0. The van der Waals surface area contributed by atoms with E-state index in [0.717, 1.165) is 24.9 Å². The van der Waals surface area contributed by atoms with Crippen LogP contribution in [0, 0.1) is 0 Å². The molecule has 2 N–H and O–H groups in total. The number of nitrogens with one attached hydrogen (secondary N) is 1. The molecule has 1 saturated heterocycles. The molecular formula is C18H24N2O3. The van der Waals surface area contributed by atoms with Gasteiger partial charge in [0, 0.05) is 31.6 Å². The molecule has 23 heavy (non-hydrogen) atoms. The molecule has 5 nitrogen and oxygen atoms in total. The van der Waals surface area contributed by atoms with Crippen molar-refractivity contribution in [2.45, 2.75) is 57.2 Å². The summed E-state index contributed by atoms with van der Waals surface area (Å²) in [7, 11) is 0. The summed E-state index contributed by atoms with van der Waals surface area (Å²) in [6.07, 6.45) is 6.58. The maximum Gasteiger partial charge on any atom is 0.335 e. The van der Waals surface area contributed by atoms with Gasteiger partial charge in [0.2, 0.25) is 5.91 Å². The van der Waals surface area contributed by atoms with E-state index in [1.165, 1.54) is 19.3 Å². The monoisotopic (exact) mass is 316 g/mol. The summed E-state index contributed by atoms with van der Waals surface area (Å²) in [4.78, 5) is 25.3. The highest BCUT2D eigenvalue weighted by molar-refractivity contribution is 5.87. The van der Waals surface area contributed by atoms with Crippen molar-refractivity contribution in [1.82, 2.24) is 10.2 Å². The van der Waals surface area contributed by atoms with Crippen LogP contribution in [0.5, 0.6) is 0 Å². The standard InChI is InChI=1S/C18H24N2O3/c21-17-10-15(12-20(17)16-7-2-1-3-8-16)19-11-13-5-4-6-14(9-13)18(22)23/h4-6,9,15-16,19H,1-3,7-8,10-12H2,(H,22,23). The summed E-state index contributed by atoms with van der Waals surface area (Å²) in [5, 5.41) is 12.4. The highest BCUT2D eigenvalue weighted by atomic mass is 16.4. The molecule has 1 amide bonds. The second-order valence-electron chi connectivity index (χ2n) is 6.63. The fraction of sp³-hybridized carbons (Fsp3) is 0.556. The number of hydrogen-bond acceptors (Lipinski definition) is 3. The minimum atomic E-state index is -0.911. The van der Waals surface area contributed by atoms with Crippen LogP contribution in [-0.2, 0) is 11.3 Å². The van der Waals surface area contributed by atoms with Crippen molar-refractivity contribution in [1.29, 1.82) is 0 Å². The van der Waals surface area contributed by atoms with Gasteiger partial charge in [0.1, 0.15) is 0 Å². The summed E-state index contributed by atoms with van der Waals surface area (Å²) in [5.74, 6) is -0.653. The van der Waals surface area contributed by atoms with Crippen molar-refractivity contribution in [3.05, 3.63) is 35.4 Å². The summed E-state index contributed by atoms with van der Waals surface area (Å²) in [6, 6.07) is 7.54. The van der Waals surface area contributed by atoms with Gasteiger partial charge in [0.05, 0.1) is 5.56 Å². The lowest BCUT2D eigenvalue weighted by molar-refractivity contribution is -0.130. The third-order valence-electron chi connectivity index (χ3n) is 4.94. The topological polar surface area (TPSA) is 69.6 Å². The van der Waals surface area contributed by atoms with Crippen molar-refractivity contribution in [2.24, 2.45) is 0 Å². The van der Waals surface area contributed by atoms with E-state index in [-0.39, 0.29) is 11.9 Å². The number of rotatable bonds is 5. The van der Waals surface area contributed by atoms with Crippen molar-refractivity contribution in [3.63, 3.8) is 0 Å². The molecule has 1 heterocycles. The lowest BCUT2D eigenvalue weighted by atomic mass is 9.94. The molecule has 0 spiro atoms. The van der Waals surface area contributed by atoms with E-state index in [2.05, 4.69) is 10.2 Å². The SMILES string of the molecule is O=C(O)c1cccc(CNC2CC(=O)N(C3CCCCC3)C2)c1. The Morgan fingerprint density at radius 2 is 2.04 bits per heavy atom. The average Bonchev–Trinajstić information content (AvgIpc) is 2.95. The van der Waals surface area contributed by atoms with Gasteiger partial charge in [-0.15, -0.1) is 0 Å². The number of likely N-dealkylation sites (tertiary alicyclic amines) is 1. The zero-order valence-electron chi connectivity index (χ0n) is 13.3. The first-order valence-electron chi connectivity index (χ1n) is 8.48. The minimum absolute atomic E-state index is 0.165. The Hall–Kier alpha value is -1.88. The lowest BCUT2D eigenvalue weighted by Crippen LogP contribution is -2.39. The number of hydrogen-bond donors (Lipinski definition) is 2. The Bertz CT molecular complexity index is 581. The fourth-order valence-corrected chi connectivity index (χ4v) is 3.69. The molecule has 1 saturated carbocycles. The van der Waals surface area contributed by atoms with Crippen molar-refractivity contribution in [2.75, 3.05) is 6.54 Å². The fourth-order valence-electron chi connectivity index (χ4n) is 3.69. The number of carbonyl (C=O) groups excluding carboxylic acids is 1. The average molecular weight is 316 g/mol. The molecule has 1 aromatic carbocycles. The first kappa shape index (κ1) is 16.0. The van der Waals surface area contributed by atoms with E-state index in [1.807, 2.05) is 6.07 Å². The maximum absolute atomic E-state index is 12.2. The molecule has 1 aromatic rings. The van der Waals surface area contributed by atoms with Crippen LogP contribution < -0.4 is 5.32 Å². The Labute approximate surface area is 136 Å². The minimum Gasteiger partial charge on any atom is -0.478 e. The molecule has 2 fully saturated rings. The van der Waals surface area contributed by atoms with Crippen LogP contribution in [-0.4, -0.2) is 40.5 Å². The zero-order valence-corrected chi connectivity index (χ0v) is 13.3. The summed E-state index contributed by atoms with van der Waals surface area (Å²) in [5.41, 5.74) is 1.24. The molecule has 2 aliphatic rings. The Kier molecular flexibility index (Phi) is 4.96. The van der Waals surface area contributed by atoms with Crippen molar-refractivity contribution >= 4 is 11.9 Å². The van der Waals surface area contributed by atoms with Gasteiger partial charge in [-0.05, 0) is 30.5 Å². The molecule has 0 aromatic heterocycles. The normalized spacial score (nSPS) is 22.5. The van der Waals surface area contributed by atoms with E-state index in [4.69, 9.17) is 5.11 Å². The van der Waals surface area contributed by atoms with Crippen LogP contribution in [0.2, 0.25) is 0 Å². The summed E-state index contributed by atoms with van der Waals surface area (Å²) >= 11 is 0. The number of carboxylic acid groups (broad SMARTS) is 1. The first-order valence-corrected chi connectivity index (χ1v) is 8.48. The van der Waals surface area contributed by atoms with Gasteiger partial charge in [0.25, 0.3) is 0 Å². The molecule has 1 aliphatic carbocycles. The molecule has 3 rings (SSSR count). The number of carbonyl (C=O) groups is 2. The number of aromatic carboxylic acids is 1. The number of benzene rings is 1. The molecule has 0 bridgehead atoms. The molecule has 5 heteroatoms. The molecule has 0 radical (unpaired) electrons. The van der Waals surface area contributed by atoms with Crippen LogP contribution in [0.15, 0.2) is 24.3 Å². The molecular weight excluding hydrogens is 292 g/mol. The molecule has 1 unspecified atom stereocenters. The van der Waals surface area contributed by atoms with E-state index < -0.39 is 5.97 Å². The van der Waals surface area contributed by atoms with Gasteiger partial charge < -0.3 is 15.3 Å². The molecule has 124 valence electrons. The largest absolute Gasteiger partial charge is 0.478 e. The van der Waals surface area contributed by atoms with Crippen LogP contribution >= 0.6 is 0 Å². The van der Waals surface area contributed by atoms with E-state index in [0.29, 0.717) is 24.6 Å². The van der Waals surface area contributed by atoms with Crippen LogP contribution in [0.1, 0.15) is 54.4 Å². The Morgan fingerprint density at radius 1 is 1.26 bits per heavy atom. The van der Waals surface area contributed by atoms with Gasteiger partial charge in [-0.1, -0.05) is 31.4 Å². The van der Waals surface area contributed by atoms with Gasteiger partial charge in [-0.3, -0.25) is 4.79 Å². The third-order valence-corrected chi connectivity index (χ3v) is 4.94. The van der Waals surface area contributed by atoms with Gasteiger partial charge in [-0.2, -0.15) is 0 Å². The predicted octanol–water partition coefficient (Wildman–Crippen LogP) is 2.41. The lowest BCUT2D eigenvalue weighted by Gasteiger charge is -2.31. The van der Waals surface area contributed by atoms with Crippen LogP contribution in [0.3, 0.4) is 0 Å².